The van der Waals surface area contributed by atoms with Gasteiger partial charge in [0.1, 0.15) is 0 Å². The van der Waals surface area contributed by atoms with Crippen molar-refractivity contribution in [2.24, 2.45) is 17.6 Å². The number of nitrogens with two attached hydrogens (primary N) is 1. The summed E-state index contributed by atoms with van der Waals surface area (Å²) >= 11 is 3.28. The quantitative estimate of drug-likeness (QED) is 0.864. The summed E-state index contributed by atoms with van der Waals surface area (Å²) in [5.74, 6) is 1.12. The van der Waals surface area contributed by atoms with Crippen molar-refractivity contribution in [3.05, 3.63) is 28.2 Å². The Hall–Kier alpha value is -0.430. The molecule has 3 N–H and O–H groups in total. The predicted molar refractivity (Wildman–Crippen MR) is 74.5 cm³/mol. The monoisotopic (exact) mass is 332 g/mol. The molecule has 0 aliphatic heterocycles. The van der Waals surface area contributed by atoms with Crippen LogP contribution in [-0.4, -0.2) is 15.0 Å². The Labute approximate surface area is 116 Å². The number of rotatable bonds is 5. The molecule has 0 amide bonds. The van der Waals surface area contributed by atoms with E-state index in [1.807, 2.05) is 0 Å². The fourth-order valence-electron chi connectivity index (χ4n) is 1.87. The highest BCUT2D eigenvalue weighted by molar-refractivity contribution is 9.10. The van der Waals surface area contributed by atoms with Crippen LogP contribution < -0.4 is 10.5 Å². The molecule has 1 aromatic rings. The molecule has 2 unspecified atom stereocenters. The van der Waals surface area contributed by atoms with Crippen LogP contribution in [0.4, 0.5) is 0 Å². The van der Waals surface area contributed by atoms with Crippen molar-refractivity contribution in [3.8, 4) is 0 Å². The molecule has 18 heavy (non-hydrogen) atoms. The van der Waals surface area contributed by atoms with Crippen molar-refractivity contribution in [2.45, 2.75) is 24.8 Å². The van der Waals surface area contributed by atoms with E-state index in [1.54, 1.807) is 18.2 Å². The van der Waals surface area contributed by atoms with Gasteiger partial charge in [0.05, 0.1) is 4.90 Å². The van der Waals surface area contributed by atoms with Crippen LogP contribution in [0.25, 0.3) is 0 Å². The number of hydrogen-bond donors (Lipinski definition) is 2. The molecule has 0 bridgehead atoms. The minimum atomic E-state index is -3.43. The second-order valence-corrected chi connectivity index (χ2v) is 7.38. The molecular formula is C12H17BrN2O2S. The van der Waals surface area contributed by atoms with E-state index in [9.17, 15) is 8.42 Å². The van der Waals surface area contributed by atoms with Gasteiger partial charge in [-0.2, -0.15) is 0 Å². The third kappa shape index (κ3) is 3.12. The van der Waals surface area contributed by atoms with Gasteiger partial charge < -0.3 is 5.73 Å². The Kier molecular flexibility index (Phi) is 4.11. The zero-order valence-corrected chi connectivity index (χ0v) is 12.6. The number of hydrogen-bond acceptors (Lipinski definition) is 3. The summed E-state index contributed by atoms with van der Waals surface area (Å²) in [4.78, 5) is 0.271. The Morgan fingerprint density at radius 2 is 2.17 bits per heavy atom. The van der Waals surface area contributed by atoms with Crippen molar-refractivity contribution < 1.29 is 8.42 Å². The summed E-state index contributed by atoms with van der Waals surface area (Å²) in [6, 6.07) is 5.07. The van der Waals surface area contributed by atoms with Gasteiger partial charge in [0, 0.05) is 17.6 Å². The summed E-state index contributed by atoms with van der Waals surface area (Å²) in [5.41, 5.74) is 6.41. The van der Waals surface area contributed by atoms with Crippen LogP contribution >= 0.6 is 15.9 Å². The molecule has 1 fully saturated rings. The van der Waals surface area contributed by atoms with Crippen molar-refractivity contribution in [3.63, 3.8) is 0 Å². The Bertz CT molecular complexity index is 545. The maximum atomic E-state index is 12.1. The van der Waals surface area contributed by atoms with Gasteiger partial charge in [-0.25, -0.2) is 13.1 Å². The van der Waals surface area contributed by atoms with Gasteiger partial charge in [0.25, 0.3) is 0 Å². The first-order chi connectivity index (χ1) is 8.44. The summed E-state index contributed by atoms with van der Waals surface area (Å²) in [6.07, 6.45) is 1.11. The van der Waals surface area contributed by atoms with Gasteiger partial charge in [0.15, 0.2) is 0 Å². The molecule has 2 atom stereocenters. The largest absolute Gasteiger partial charge is 0.326 e. The van der Waals surface area contributed by atoms with Gasteiger partial charge in [-0.05, 0) is 51.9 Å². The molecule has 1 aromatic carbocycles. The van der Waals surface area contributed by atoms with E-state index in [4.69, 9.17) is 5.73 Å². The van der Waals surface area contributed by atoms with Gasteiger partial charge in [0.2, 0.25) is 10.0 Å². The van der Waals surface area contributed by atoms with Crippen LogP contribution in [-0.2, 0) is 16.6 Å². The SMILES string of the molecule is CC1CC1CNS(=O)(=O)c1ccc(CN)cc1Br. The topological polar surface area (TPSA) is 72.2 Å². The highest BCUT2D eigenvalue weighted by Gasteiger charge is 2.33. The average Bonchev–Trinajstić information content (AvgIpc) is 3.02. The molecule has 1 saturated carbocycles. The number of benzene rings is 1. The lowest BCUT2D eigenvalue weighted by atomic mass is 10.2. The smallest absolute Gasteiger partial charge is 0.241 e. The Balaban J connectivity index is 2.13. The lowest BCUT2D eigenvalue weighted by Gasteiger charge is -2.09. The predicted octanol–water partition coefficient (Wildman–Crippen LogP) is 1.84. The maximum absolute atomic E-state index is 12.1. The maximum Gasteiger partial charge on any atom is 0.241 e. The summed E-state index contributed by atoms with van der Waals surface area (Å²) in [5, 5.41) is 0. The average molecular weight is 333 g/mol. The van der Waals surface area contributed by atoms with E-state index in [1.165, 1.54) is 0 Å². The van der Waals surface area contributed by atoms with Gasteiger partial charge in [-0.15, -0.1) is 0 Å². The van der Waals surface area contributed by atoms with E-state index in [2.05, 4.69) is 27.6 Å². The minimum Gasteiger partial charge on any atom is -0.326 e. The molecular weight excluding hydrogens is 316 g/mol. The van der Waals surface area contributed by atoms with Crippen LogP contribution in [0.15, 0.2) is 27.6 Å². The highest BCUT2D eigenvalue weighted by atomic mass is 79.9. The van der Waals surface area contributed by atoms with E-state index in [-0.39, 0.29) is 4.90 Å². The molecule has 100 valence electrons. The van der Waals surface area contributed by atoms with Crippen LogP contribution in [0.3, 0.4) is 0 Å². The van der Waals surface area contributed by atoms with Crippen molar-refractivity contribution in [1.29, 1.82) is 0 Å². The normalized spacial score (nSPS) is 23.1. The second-order valence-electron chi connectivity index (χ2n) is 4.79. The summed E-state index contributed by atoms with van der Waals surface area (Å²) < 4.78 is 27.5. The fraction of sp³-hybridized carbons (Fsp3) is 0.500. The van der Waals surface area contributed by atoms with E-state index >= 15 is 0 Å². The summed E-state index contributed by atoms with van der Waals surface area (Å²) in [7, 11) is -3.43. The van der Waals surface area contributed by atoms with E-state index < -0.39 is 10.0 Å². The van der Waals surface area contributed by atoms with Gasteiger partial charge >= 0.3 is 0 Å². The van der Waals surface area contributed by atoms with Crippen LogP contribution in [0, 0.1) is 11.8 Å². The molecule has 0 heterocycles. The third-order valence-corrected chi connectivity index (χ3v) is 5.73. The highest BCUT2D eigenvalue weighted by Crippen LogP contribution is 2.37. The zero-order valence-electron chi connectivity index (χ0n) is 10.2. The Morgan fingerprint density at radius 1 is 1.50 bits per heavy atom. The molecule has 1 aliphatic rings. The third-order valence-electron chi connectivity index (χ3n) is 3.33. The number of halogens is 1. The van der Waals surface area contributed by atoms with Gasteiger partial charge in [-0.3, -0.25) is 0 Å². The first-order valence-corrected chi connectivity index (χ1v) is 8.20. The fourth-order valence-corrected chi connectivity index (χ4v) is 4.08. The van der Waals surface area contributed by atoms with Crippen molar-refractivity contribution >= 4 is 26.0 Å². The summed E-state index contributed by atoms with van der Waals surface area (Å²) in [6.45, 7) is 3.05. The first kappa shape index (κ1) is 14.0. The Morgan fingerprint density at radius 3 is 2.67 bits per heavy atom. The molecule has 1 aliphatic carbocycles. The molecule has 2 rings (SSSR count). The van der Waals surface area contributed by atoms with E-state index in [0.717, 1.165) is 12.0 Å². The van der Waals surface area contributed by atoms with Crippen molar-refractivity contribution in [1.82, 2.24) is 4.72 Å². The molecule has 0 saturated heterocycles. The molecule has 6 heteroatoms. The first-order valence-electron chi connectivity index (χ1n) is 5.92. The van der Waals surface area contributed by atoms with Crippen LogP contribution in [0.2, 0.25) is 0 Å². The van der Waals surface area contributed by atoms with E-state index in [0.29, 0.717) is 29.4 Å². The molecule has 0 aromatic heterocycles. The number of nitrogens with one attached hydrogen (secondary N) is 1. The molecule has 0 spiro atoms. The lowest BCUT2D eigenvalue weighted by molar-refractivity contribution is 0.574. The second kappa shape index (κ2) is 5.28. The standard InChI is InChI=1S/C12H17BrN2O2S/c1-8-4-10(8)7-15-18(16,17)12-3-2-9(6-14)5-11(12)13/h2-3,5,8,10,15H,4,6-7,14H2,1H3. The molecule has 4 nitrogen and oxygen atoms in total. The van der Waals surface area contributed by atoms with Crippen molar-refractivity contribution in [2.75, 3.05) is 6.54 Å². The minimum absolute atomic E-state index is 0.271. The van der Waals surface area contributed by atoms with Gasteiger partial charge in [-0.1, -0.05) is 13.0 Å². The van der Waals surface area contributed by atoms with Crippen LogP contribution in [0.5, 0.6) is 0 Å². The molecule has 0 radical (unpaired) electrons. The zero-order chi connectivity index (χ0) is 13.3. The van der Waals surface area contributed by atoms with Crippen LogP contribution in [0.1, 0.15) is 18.9 Å². The lowest BCUT2D eigenvalue weighted by Crippen LogP contribution is -2.26. The number of sulfonamides is 1.